The van der Waals surface area contributed by atoms with E-state index in [-0.39, 0.29) is 23.8 Å². The summed E-state index contributed by atoms with van der Waals surface area (Å²) in [5, 5.41) is 16.2. The smallest absolute Gasteiger partial charge is 0.292 e. The summed E-state index contributed by atoms with van der Waals surface area (Å²) >= 11 is 0. The number of benzene rings is 1. The lowest BCUT2D eigenvalue weighted by molar-refractivity contribution is -0.383. The third-order valence-electron chi connectivity index (χ3n) is 3.41. The summed E-state index contributed by atoms with van der Waals surface area (Å²) in [7, 11) is 0. The van der Waals surface area contributed by atoms with E-state index in [1.807, 2.05) is 13.8 Å². The topological polar surface area (TPSA) is 105 Å². The minimum atomic E-state index is -0.595. The normalized spacial score (nSPS) is 11.8. The molecule has 0 saturated heterocycles. The van der Waals surface area contributed by atoms with Crippen molar-refractivity contribution in [3.05, 3.63) is 34.4 Å². The fourth-order valence-corrected chi connectivity index (χ4v) is 2.10. The number of carbonyl (C=O) groups excluding carboxylic acids is 2. The third kappa shape index (κ3) is 5.33. The van der Waals surface area contributed by atoms with Crippen LogP contribution in [0.4, 0.5) is 11.4 Å². The summed E-state index contributed by atoms with van der Waals surface area (Å²) in [6.07, 6.45) is 0. The molecule has 23 heavy (non-hydrogen) atoms. The zero-order chi connectivity index (χ0) is 17.4. The van der Waals surface area contributed by atoms with Crippen molar-refractivity contribution in [3.63, 3.8) is 0 Å². The highest BCUT2D eigenvalue weighted by Crippen LogP contribution is 2.23. The van der Waals surface area contributed by atoms with Gasteiger partial charge < -0.3 is 10.6 Å². The highest BCUT2D eigenvalue weighted by molar-refractivity contribution is 5.96. The summed E-state index contributed by atoms with van der Waals surface area (Å²) in [6, 6.07) is 5.35. The van der Waals surface area contributed by atoms with Crippen molar-refractivity contribution in [2.75, 3.05) is 25.0 Å². The van der Waals surface area contributed by atoms with E-state index in [2.05, 4.69) is 10.6 Å². The highest BCUT2D eigenvalue weighted by Gasteiger charge is 2.24. The molecule has 0 aliphatic rings. The van der Waals surface area contributed by atoms with Gasteiger partial charge in [0.2, 0.25) is 11.8 Å². The number of nitrogens with one attached hydrogen (secondary N) is 2. The van der Waals surface area contributed by atoms with Gasteiger partial charge >= 0.3 is 0 Å². The van der Waals surface area contributed by atoms with Crippen molar-refractivity contribution >= 4 is 23.2 Å². The molecule has 0 spiro atoms. The Kier molecular flexibility index (Phi) is 7.14. The van der Waals surface area contributed by atoms with Gasteiger partial charge in [0.15, 0.2) is 0 Å². The van der Waals surface area contributed by atoms with Crippen molar-refractivity contribution in [1.82, 2.24) is 10.2 Å². The molecule has 0 aromatic heterocycles. The lowest BCUT2D eigenvalue weighted by Crippen LogP contribution is -2.46. The van der Waals surface area contributed by atoms with Gasteiger partial charge in [-0.2, -0.15) is 0 Å². The monoisotopic (exact) mass is 322 g/mol. The molecule has 0 fully saturated rings. The van der Waals surface area contributed by atoms with Gasteiger partial charge in [-0.3, -0.25) is 24.6 Å². The zero-order valence-corrected chi connectivity index (χ0v) is 13.5. The summed E-state index contributed by atoms with van der Waals surface area (Å²) in [6.45, 7) is 6.44. The van der Waals surface area contributed by atoms with Crippen LogP contribution in [0.25, 0.3) is 0 Å². The molecule has 2 amide bonds. The molecule has 1 atom stereocenters. The lowest BCUT2D eigenvalue weighted by atomic mass is 10.2. The van der Waals surface area contributed by atoms with Gasteiger partial charge in [-0.25, -0.2) is 0 Å². The minimum absolute atomic E-state index is 0.0931. The second-order valence-corrected chi connectivity index (χ2v) is 4.96. The number of para-hydroxylation sites is 2. The molecule has 0 bridgehead atoms. The number of carbonyl (C=O) groups is 2. The van der Waals surface area contributed by atoms with Gasteiger partial charge in [-0.05, 0) is 26.5 Å². The summed E-state index contributed by atoms with van der Waals surface area (Å²) in [5.41, 5.74) is -0.0248. The van der Waals surface area contributed by atoms with Gasteiger partial charge in [-0.1, -0.05) is 19.1 Å². The summed E-state index contributed by atoms with van der Waals surface area (Å²) < 4.78 is 0. The maximum atomic E-state index is 12.3. The Morgan fingerprint density at radius 2 is 1.96 bits per heavy atom. The number of hydrogen-bond donors (Lipinski definition) is 2. The lowest BCUT2D eigenvalue weighted by Gasteiger charge is -2.26. The fraction of sp³-hybridized carbons (Fsp3) is 0.467. The average molecular weight is 322 g/mol. The first kappa shape index (κ1) is 18.6. The van der Waals surface area contributed by atoms with E-state index in [4.69, 9.17) is 0 Å². The first-order chi connectivity index (χ1) is 10.9. The molecule has 1 aromatic carbocycles. The van der Waals surface area contributed by atoms with Crippen LogP contribution in [0, 0.1) is 10.1 Å². The third-order valence-corrected chi connectivity index (χ3v) is 3.41. The zero-order valence-electron chi connectivity index (χ0n) is 13.5. The molecule has 0 radical (unpaired) electrons. The number of likely N-dealkylation sites (N-methyl/N-ethyl adjacent to an activating group) is 2. The molecule has 0 saturated carbocycles. The van der Waals surface area contributed by atoms with Crippen LogP contribution in [0.3, 0.4) is 0 Å². The van der Waals surface area contributed by atoms with E-state index in [0.717, 1.165) is 0 Å². The maximum Gasteiger partial charge on any atom is 0.292 e. The molecule has 1 rings (SSSR count). The Labute approximate surface area is 135 Å². The van der Waals surface area contributed by atoms with Gasteiger partial charge in [0.25, 0.3) is 5.69 Å². The van der Waals surface area contributed by atoms with Gasteiger partial charge in [0.1, 0.15) is 5.69 Å². The van der Waals surface area contributed by atoms with E-state index < -0.39 is 16.9 Å². The van der Waals surface area contributed by atoms with Gasteiger partial charge in [-0.15, -0.1) is 0 Å². The molecule has 0 unspecified atom stereocenters. The molecule has 0 aliphatic heterocycles. The van der Waals surface area contributed by atoms with Crippen molar-refractivity contribution in [2.24, 2.45) is 0 Å². The van der Waals surface area contributed by atoms with Crippen LogP contribution < -0.4 is 10.6 Å². The van der Waals surface area contributed by atoms with E-state index in [9.17, 15) is 19.7 Å². The number of hydrogen-bond acceptors (Lipinski definition) is 5. The van der Waals surface area contributed by atoms with E-state index >= 15 is 0 Å². The molecule has 2 N–H and O–H groups in total. The molecule has 0 heterocycles. The van der Waals surface area contributed by atoms with E-state index in [1.54, 1.807) is 17.9 Å². The Morgan fingerprint density at radius 1 is 1.30 bits per heavy atom. The summed E-state index contributed by atoms with van der Waals surface area (Å²) in [4.78, 5) is 36.1. The number of nitrogens with zero attached hydrogens (tertiary/aromatic N) is 2. The van der Waals surface area contributed by atoms with Crippen LogP contribution >= 0.6 is 0 Å². The molecular formula is C15H22N4O4. The average Bonchev–Trinajstić information content (AvgIpc) is 2.52. The van der Waals surface area contributed by atoms with Crippen LogP contribution in [0.5, 0.6) is 0 Å². The Morgan fingerprint density at radius 3 is 2.52 bits per heavy atom. The Balaban J connectivity index is 2.79. The maximum absolute atomic E-state index is 12.3. The first-order valence-electron chi connectivity index (χ1n) is 7.45. The van der Waals surface area contributed by atoms with Crippen LogP contribution in [0.2, 0.25) is 0 Å². The van der Waals surface area contributed by atoms with Crippen molar-refractivity contribution in [1.29, 1.82) is 0 Å². The number of amides is 2. The molecular weight excluding hydrogens is 300 g/mol. The van der Waals surface area contributed by atoms with E-state index in [1.165, 1.54) is 18.2 Å². The minimum Gasteiger partial charge on any atom is -0.355 e. The molecule has 0 aliphatic carbocycles. The van der Waals surface area contributed by atoms with Crippen LogP contribution in [-0.4, -0.2) is 47.3 Å². The quantitative estimate of drug-likeness (QED) is 0.556. The Hall–Kier alpha value is -2.48. The predicted octanol–water partition coefficient (Wildman–Crippen LogP) is 1.38. The van der Waals surface area contributed by atoms with Gasteiger partial charge in [0.05, 0.1) is 17.5 Å². The Bertz CT molecular complexity index is 576. The number of anilines is 1. The first-order valence-corrected chi connectivity index (χ1v) is 7.45. The molecule has 126 valence electrons. The fourth-order valence-electron chi connectivity index (χ4n) is 2.10. The van der Waals surface area contributed by atoms with Crippen LogP contribution in [0.1, 0.15) is 20.8 Å². The number of rotatable bonds is 8. The van der Waals surface area contributed by atoms with Crippen molar-refractivity contribution in [3.8, 4) is 0 Å². The molecule has 8 heteroatoms. The number of nitro benzene ring substituents is 1. The van der Waals surface area contributed by atoms with Crippen LogP contribution in [0.15, 0.2) is 24.3 Å². The second kappa shape index (κ2) is 8.84. The standard InChI is InChI=1S/C15H22N4O4/c1-4-16-14(20)10-18(5-2)11(3)15(21)17-12-8-6-7-9-13(12)19(22)23/h6-9,11H,4-5,10H2,1-3H3,(H,16,20)(H,17,21)/t11-/m1/s1. The van der Waals surface area contributed by atoms with Gasteiger partial charge in [0, 0.05) is 12.6 Å². The van der Waals surface area contributed by atoms with Crippen molar-refractivity contribution in [2.45, 2.75) is 26.8 Å². The largest absolute Gasteiger partial charge is 0.355 e. The number of nitro groups is 1. The molecule has 1 aromatic rings. The van der Waals surface area contributed by atoms with E-state index in [0.29, 0.717) is 13.1 Å². The highest BCUT2D eigenvalue weighted by atomic mass is 16.6. The van der Waals surface area contributed by atoms with Crippen LogP contribution in [-0.2, 0) is 9.59 Å². The second-order valence-electron chi connectivity index (χ2n) is 4.96. The molecule has 8 nitrogen and oxygen atoms in total. The predicted molar refractivity (Wildman–Crippen MR) is 87.1 cm³/mol. The SMILES string of the molecule is CCNC(=O)CN(CC)[C@H](C)C(=O)Nc1ccccc1[N+](=O)[O-]. The summed E-state index contributed by atoms with van der Waals surface area (Å²) in [5.74, 6) is -0.565. The van der Waals surface area contributed by atoms with Crippen molar-refractivity contribution < 1.29 is 14.5 Å².